The van der Waals surface area contributed by atoms with Gasteiger partial charge in [0.15, 0.2) is 5.66 Å². The third kappa shape index (κ3) is 4.14. The maximum absolute atomic E-state index is 12.2. The molecule has 4 fully saturated rings. The Morgan fingerprint density at radius 2 is 1.82 bits per heavy atom. The van der Waals surface area contributed by atoms with Gasteiger partial charge >= 0.3 is 0 Å². The van der Waals surface area contributed by atoms with Gasteiger partial charge in [-0.3, -0.25) is 4.55 Å². The first-order valence-electron chi connectivity index (χ1n) is 13.6. The highest BCUT2D eigenvalue weighted by atomic mass is 32.2. The van der Waals surface area contributed by atoms with Gasteiger partial charge in [0.1, 0.15) is 0 Å². The van der Waals surface area contributed by atoms with E-state index in [1.54, 1.807) is 0 Å². The number of nitrogens with zero attached hydrogens (tertiary/aromatic N) is 3. The first-order chi connectivity index (χ1) is 16.0. The summed E-state index contributed by atoms with van der Waals surface area (Å²) in [5.41, 5.74) is 0.658. The van der Waals surface area contributed by atoms with Gasteiger partial charge in [-0.15, -0.1) is 0 Å². The van der Waals surface area contributed by atoms with Crippen molar-refractivity contribution in [3.63, 3.8) is 0 Å². The normalized spacial score (nSPS) is 43.8. The molecule has 1 aliphatic heterocycles. The van der Waals surface area contributed by atoms with Crippen molar-refractivity contribution in [3.05, 3.63) is 0 Å². The summed E-state index contributed by atoms with van der Waals surface area (Å²) in [4.78, 5) is 3.83. The van der Waals surface area contributed by atoms with Crippen molar-refractivity contribution in [1.82, 2.24) is 0 Å². The molecule has 0 aromatic heterocycles. The minimum atomic E-state index is -4.07. The smallest absolute Gasteiger partial charge is 0.266 e. The lowest BCUT2D eigenvalue weighted by molar-refractivity contribution is -0.219. The molecule has 1 heterocycles. The molecule has 0 unspecified atom stereocenters. The molecule has 7 nitrogen and oxygen atoms in total. The summed E-state index contributed by atoms with van der Waals surface area (Å²) in [5, 5.41) is 21.7. The fourth-order valence-electron chi connectivity index (χ4n) is 9.45. The minimum absolute atomic E-state index is 0.0848. The molecule has 0 aromatic carbocycles. The molecule has 34 heavy (non-hydrogen) atoms. The van der Waals surface area contributed by atoms with E-state index in [1.165, 1.54) is 57.8 Å². The lowest BCUT2D eigenvalue weighted by Crippen LogP contribution is -2.59. The van der Waals surface area contributed by atoms with Crippen molar-refractivity contribution < 1.29 is 18.1 Å². The predicted octanol–water partition coefficient (Wildman–Crippen LogP) is 4.87. The molecular weight excluding hydrogens is 450 g/mol. The topological polar surface area (TPSA) is 115 Å². The van der Waals surface area contributed by atoms with Crippen molar-refractivity contribution in [2.75, 3.05) is 12.3 Å². The van der Waals surface area contributed by atoms with E-state index in [0.29, 0.717) is 35.5 Å². The molecule has 0 bridgehead atoms. The minimum Gasteiger partial charge on any atom is -0.862 e. The van der Waals surface area contributed by atoms with Gasteiger partial charge in [0.25, 0.3) is 10.1 Å². The van der Waals surface area contributed by atoms with Crippen LogP contribution in [0.3, 0.4) is 0 Å². The molecular formula is C26H42N3O4S-. The maximum atomic E-state index is 12.2. The van der Waals surface area contributed by atoms with Gasteiger partial charge in [-0.05, 0) is 97.7 Å². The molecule has 1 N–H and O–H groups in total. The molecule has 4 saturated carbocycles. The predicted molar refractivity (Wildman–Crippen MR) is 130 cm³/mol. The number of hydrogen-bond donors (Lipinski definition) is 1. The van der Waals surface area contributed by atoms with E-state index in [9.17, 15) is 13.5 Å². The highest BCUT2D eigenvalue weighted by Gasteiger charge is 2.69. The summed E-state index contributed by atoms with van der Waals surface area (Å²) in [6.45, 7) is 7.24. The number of aliphatic imine (C=N–C) groups is 1. The average Bonchev–Trinajstić information content (AvgIpc) is 3.44. The molecule has 0 amide bonds. The number of rotatable bonds is 7. The standard InChI is InChI=1S/C26H43N3O4S/c1-17(7-10-22(30)27-14-15-34(31,32)33)19-8-9-20-23-21(11-13-25(19,20)3)24(2)12-5-4-6-18(24)16-26(23)28-29-26/h17-21,23H,4-16H2,1-3H3,(H,27,30)(H,31,32,33)/p-1/t17-,18+,19-,20+,21+,23+,24+,25-/m1/s1. The zero-order valence-electron chi connectivity index (χ0n) is 21.1. The fourth-order valence-corrected chi connectivity index (χ4v) is 9.77. The van der Waals surface area contributed by atoms with Gasteiger partial charge in [0, 0.05) is 12.3 Å². The third-order valence-electron chi connectivity index (χ3n) is 11.2. The molecule has 0 aromatic rings. The van der Waals surface area contributed by atoms with Crippen LogP contribution in [0.25, 0.3) is 0 Å². The summed E-state index contributed by atoms with van der Waals surface area (Å²) in [6.07, 6.45) is 12.8. The van der Waals surface area contributed by atoms with Crippen LogP contribution in [0.5, 0.6) is 0 Å². The van der Waals surface area contributed by atoms with Crippen molar-refractivity contribution in [1.29, 1.82) is 0 Å². The molecule has 1 spiro atoms. The van der Waals surface area contributed by atoms with Gasteiger partial charge in [0.05, 0.1) is 12.3 Å². The monoisotopic (exact) mass is 492 g/mol. The van der Waals surface area contributed by atoms with Crippen LogP contribution in [-0.2, 0) is 10.1 Å². The summed E-state index contributed by atoms with van der Waals surface area (Å²) in [6, 6.07) is 0. The van der Waals surface area contributed by atoms with Gasteiger partial charge in [0.2, 0.25) is 0 Å². The third-order valence-corrected chi connectivity index (χ3v) is 11.9. The molecule has 4 aliphatic carbocycles. The Morgan fingerprint density at radius 3 is 2.53 bits per heavy atom. The number of fused-ring (bicyclic) bond motifs is 6. The Kier molecular flexibility index (Phi) is 6.19. The first kappa shape index (κ1) is 24.7. The van der Waals surface area contributed by atoms with Crippen LogP contribution in [0.15, 0.2) is 15.2 Å². The second-order valence-corrected chi connectivity index (χ2v) is 14.3. The summed E-state index contributed by atoms with van der Waals surface area (Å²) in [5.74, 6) is 3.08. The van der Waals surface area contributed by atoms with Crippen LogP contribution >= 0.6 is 0 Å². The molecule has 8 atom stereocenters. The Balaban J connectivity index is 1.27. The summed E-state index contributed by atoms with van der Waals surface area (Å²) < 4.78 is 30.5. The van der Waals surface area contributed by atoms with Crippen molar-refractivity contribution in [3.8, 4) is 0 Å². The lowest BCUT2D eigenvalue weighted by Gasteiger charge is -2.62. The number of hydrogen-bond acceptors (Lipinski definition) is 6. The van der Waals surface area contributed by atoms with Gasteiger partial charge in [-0.2, -0.15) is 18.6 Å². The van der Waals surface area contributed by atoms with Crippen LogP contribution in [0.1, 0.15) is 91.4 Å². The molecule has 0 saturated heterocycles. The van der Waals surface area contributed by atoms with Crippen LogP contribution in [0, 0.1) is 46.3 Å². The quantitative estimate of drug-likeness (QED) is 0.310. The average molecular weight is 493 g/mol. The molecule has 0 radical (unpaired) electrons. The van der Waals surface area contributed by atoms with Crippen molar-refractivity contribution >= 4 is 16.0 Å². The lowest BCUT2D eigenvalue weighted by atomic mass is 9.42. The van der Waals surface area contributed by atoms with Crippen LogP contribution in [0.2, 0.25) is 0 Å². The van der Waals surface area contributed by atoms with E-state index in [4.69, 9.17) is 14.8 Å². The second-order valence-electron chi connectivity index (χ2n) is 12.8. The Bertz CT molecular complexity index is 959. The van der Waals surface area contributed by atoms with Gasteiger partial charge < -0.3 is 10.1 Å². The Hall–Kier alpha value is -1.02. The van der Waals surface area contributed by atoms with E-state index >= 15 is 0 Å². The molecule has 5 rings (SSSR count). The van der Waals surface area contributed by atoms with Crippen molar-refractivity contribution in [2.45, 2.75) is 97.1 Å². The van der Waals surface area contributed by atoms with Crippen molar-refractivity contribution in [2.24, 2.45) is 61.6 Å². The van der Waals surface area contributed by atoms with Crippen LogP contribution < -0.4 is 5.11 Å². The second kappa shape index (κ2) is 8.53. The van der Waals surface area contributed by atoms with Crippen LogP contribution in [0.4, 0.5) is 0 Å². The zero-order valence-corrected chi connectivity index (χ0v) is 21.9. The van der Waals surface area contributed by atoms with Crippen LogP contribution in [-0.4, -0.2) is 36.8 Å². The molecule has 192 valence electrons. The van der Waals surface area contributed by atoms with E-state index in [-0.39, 0.29) is 23.5 Å². The fraction of sp³-hybridized carbons (Fsp3) is 0.962. The molecule has 8 heteroatoms. The maximum Gasteiger partial charge on any atom is 0.266 e. The zero-order chi connectivity index (χ0) is 24.4. The highest BCUT2D eigenvalue weighted by Crippen LogP contribution is 2.72. The summed E-state index contributed by atoms with van der Waals surface area (Å²) in [7, 11) is -4.07. The Labute approximate surface area is 205 Å². The Morgan fingerprint density at radius 1 is 1.09 bits per heavy atom. The largest absolute Gasteiger partial charge is 0.862 e. The summed E-state index contributed by atoms with van der Waals surface area (Å²) >= 11 is 0. The van der Waals surface area contributed by atoms with E-state index in [1.807, 2.05) is 0 Å². The SMILES string of the molecule is C[C@H](CCC([O-])=NCCS(=O)(=O)O)[C@H]1CC[C@H]2[C@H]3[C@H](CC[C@]12C)[C@@]1(C)CCCC[C@H]1CC31N=N1. The molecule has 5 aliphatic rings. The van der Waals surface area contributed by atoms with E-state index < -0.39 is 15.9 Å². The highest BCUT2D eigenvalue weighted by molar-refractivity contribution is 7.85. The van der Waals surface area contributed by atoms with E-state index in [2.05, 4.69) is 25.8 Å². The van der Waals surface area contributed by atoms with E-state index in [0.717, 1.165) is 18.3 Å². The van der Waals surface area contributed by atoms with Gasteiger partial charge in [-0.1, -0.05) is 33.6 Å². The first-order valence-corrected chi connectivity index (χ1v) is 15.2. The van der Waals surface area contributed by atoms with Gasteiger partial charge in [-0.25, -0.2) is 0 Å².